The summed E-state index contributed by atoms with van der Waals surface area (Å²) in [7, 11) is 0. The van der Waals surface area contributed by atoms with Crippen LogP contribution in [0, 0.1) is 0 Å². The van der Waals surface area contributed by atoms with E-state index >= 15 is 0 Å². The van der Waals surface area contributed by atoms with Crippen molar-refractivity contribution in [1.82, 2.24) is 21.1 Å². The van der Waals surface area contributed by atoms with Crippen LogP contribution in [0.15, 0.2) is 10.6 Å². The van der Waals surface area contributed by atoms with Gasteiger partial charge in [0.05, 0.1) is 12.2 Å². The monoisotopic (exact) mass is 294 g/mol. The predicted octanol–water partition coefficient (Wildman–Crippen LogP) is 0.232. The first kappa shape index (κ1) is 15.0. The highest BCUT2D eigenvalue weighted by Crippen LogP contribution is 2.06. The standard InChI is InChI=1S/C13H18N4O4/c1-2-3-8-6-9(21-17-8)7-14-11(18)5-4-10-12(19)16-13(20)15-10/h6,10H,2-5,7H2,1H3,(H,14,18)(H2,15,16,19,20). The zero-order chi connectivity index (χ0) is 15.2. The lowest BCUT2D eigenvalue weighted by Gasteiger charge is -2.06. The maximum Gasteiger partial charge on any atom is 0.322 e. The summed E-state index contributed by atoms with van der Waals surface area (Å²) in [6, 6.07) is 0.661. The van der Waals surface area contributed by atoms with E-state index < -0.39 is 18.0 Å². The van der Waals surface area contributed by atoms with E-state index in [-0.39, 0.29) is 25.3 Å². The van der Waals surface area contributed by atoms with Crippen LogP contribution in [0.4, 0.5) is 4.79 Å². The number of hydrogen-bond donors (Lipinski definition) is 3. The number of imide groups is 1. The molecule has 8 heteroatoms. The molecule has 1 unspecified atom stereocenters. The van der Waals surface area contributed by atoms with Crippen LogP contribution in [-0.2, 0) is 22.6 Å². The fraction of sp³-hybridized carbons (Fsp3) is 0.538. The van der Waals surface area contributed by atoms with Crippen molar-refractivity contribution < 1.29 is 18.9 Å². The quantitative estimate of drug-likeness (QED) is 0.623. The summed E-state index contributed by atoms with van der Waals surface area (Å²) in [4.78, 5) is 33.9. The molecule has 4 amide bonds. The Morgan fingerprint density at radius 1 is 1.48 bits per heavy atom. The van der Waals surface area contributed by atoms with Crippen LogP contribution in [0.5, 0.6) is 0 Å². The molecule has 1 aliphatic rings. The fourth-order valence-corrected chi connectivity index (χ4v) is 2.02. The third-order valence-corrected chi connectivity index (χ3v) is 3.09. The zero-order valence-corrected chi connectivity index (χ0v) is 11.8. The van der Waals surface area contributed by atoms with Crippen LogP contribution in [0.2, 0.25) is 0 Å². The molecule has 21 heavy (non-hydrogen) atoms. The number of nitrogens with zero attached hydrogens (tertiary/aromatic N) is 1. The first-order valence-corrected chi connectivity index (χ1v) is 6.91. The van der Waals surface area contributed by atoms with Crippen molar-refractivity contribution in [1.29, 1.82) is 0 Å². The Kier molecular flexibility index (Phi) is 4.91. The Hall–Kier alpha value is -2.38. The first-order valence-electron chi connectivity index (χ1n) is 6.91. The van der Waals surface area contributed by atoms with E-state index in [1.165, 1.54) is 0 Å². The van der Waals surface area contributed by atoms with Gasteiger partial charge in [0.2, 0.25) is 5.91 Å². The lowest BCUT2D eigenvalue weighted by atomic mass is 10.1. The van der Waals surface area contributed by atoms with Gasteiger partial charge in [-0.05, 0) is 12.8 Å². The highest BCUT2D eigenvalue weighted by atomic mass is 16.5. The number of urea groups is 1. The van der Waals surface area contributed by atoms with E-state index in [9.17, 15) is 14.4 Å². The summed E-state index contributed by atoms with van der Waals surface area (Å²) in [5.41, 5.74) is 0.868. The molecule has 0 bridgehead atoms. The summed E-state index contributed by atoms with van der Waals surface area (Å²) in [5, 5.41) is 11.1. The number of hydrogen-bond acceptors (Lipinski definition) is 5. The first-order chi connectivity index (χ1) is 10.1. The molecule has 3 N–H and O–H groups in total. The third-order valence-electron chi connectivity index (χ3n) is 3.09. The Morgan fingerprint density at radius 3 is 2.95 bits per heavy atom. The van der Waals surface area contributed by atoms with Crippen molar-refractivity contribution in [3.63, 3.8) is 0 Å². The van der Waals surface area contributed by atoms with E-state index in [0.717, 1.165) is 18.5 Å². The molecule has 114 valence electrons. The number of carbonyl (C=O) groups excluding carboxylic acids is 3. The zero-order valence-electron chi connectivity index (χ0n) is 11.8. The van der Waals surface area contributed by atoms with Gasteiger partial charge in [0.1, 0.15) is 6.04 Å². The van der Waals surface area contributed by atoms with Gasteiger partial charge in [-0.1, -0.05) is 18.5 Å². The van der Waals surface area contributed by atoms with Crippen molar-refractivity contribution in [2.45, 2.75) is 45.2 Å². The molecule has 1 fully saturated rings. The molecule has 0 aromatic carbocycles. The summed E-state index contributed by atoms with van der Waals surface area (Å²) < 4.78 is 5.09. The molecule has 1 aromatic heterocycles. The average molecular weight is 294 g/mol. The molecule has 1 saturated heterocycles. The van der Waals surface area contributed by atoms with Gasteiger partial charge in [0, 0.05) is 12.5 Å². The van der Waals surface area contributed by atoms with Crippen molar-refractivity contribution in [2.24, 2.45) is 0 Å². The van der Waals surface area contributed by atoms with Gasteiger partial charge in [-0.15, -0.1) is 0 Å². The van der Waals surface area contributed by atoms with E-state index in [2.05, 4.69) is 21.1 Å². The van der Waals surface area contributed by atoms with Gasteiger partial charge in [-0.25, -0.2) is 4.79 Å². The smallest absolute Gasteiger partial charge is 0.322 e. The summed E-state index contributed by atoms with van der Waals surface area (Å²) in [5.74, 6) is -0.0108. The second-order valence-corrected chi connectivity index (χ2v) is 4.87. The third kappa shape index (κ3) is 4.30. The molecular formula is C13H18N4O4. The summed E-state index contributed by atoms with van der Waals surface area (Å²) in [6.45, 7) is 2.31. The van der Waals surface area contributed by atoms with E-state index in [4.69, 9.17) is 4.52 Å². The Balaban J connectivity index is 1.69. The van der Waals surface area contributed by atoms with Gasteiger partial charge in [-0.2, -0.15) is 0 Å². The average Bonchev–Trinajstić information content (AvgIpc) is 3.01. The van der Waals surface area contributed by atoms with Crippen molar-refractivity contribution >= 4 is 17.8 Å². The molecule has 0 radical (unpaired) electrons. The van der Waals surface area contributed by atoms with Crippen LogP contribution < -0.4 is 16.0 Å². The number of carbonyl (C=O) groups is 3. The maximum atomic E-state index is 11.7. The van der Waals surface area contributed by atoms with Gasteiger partial charge in [0.25, 0.3) is 5.91 Å². The minimum absolute atomic E-state index is 0.147. The van der Waals surface area contributed by atoms with Crippen LogP contribution in [0.1, 0.15) is 37.6 Å². The summed E-state index contributed by atoms with van der Waals surface area (Å²) in [6.07, 6.45) is 2.23. The second kappa shape index (κ2) is 6.87. The second-order valence-electron chi connectivity index (χ2n) is 4.87. The predicted molar refractivity (Wildman–Crippen MR) is 72.0 cm³/mol. The van der Waals surface area contributed by atoms with Gasteiger partial charge >= 0.3 is 6.03 Å². The van der Waals surface area contributed by atoms with Crippen LogP contribution in [-0.4, -0.2) is 29.0 Å². The van der Waals surface area contributed by atoms with E-state index in [1.54, 1.807) is 0 Å². The molecule has 1 aliphatic heterocycles. The van der Waals surface area contributed by atoms with Crippen molar-refractivity contribution in [3.8, 4) is 0 Å². The highest BCUT2D eigenvalue weighted by molar-refractivity contribution is 6.04. The number of aryl methyl sites for hydroxylation is 1. The molecular weight excluding hydrogens is 276 g/mol. The Morgan fingerprint density at radius 2 is 2.29 bits per heavy atom. The molecule has 1 aromatic rings. The van der Waals surface area contributed by atoms with E-state index in [0.29, 0.717) is 5.76 Å². The van der Waals surface area contributed by atoms with Crippen LogP contribution in [0.25, 0.3) is 0 Å². The minimum Gasteiger partial charge on any atom is -0.359 e. The lowest BCUT2D eigenvalue weighted by Crippen LogP contribution is -2.31. The largest absolute Gasteiger partial charge is 0.359 e. The van der Waals surface area contributed by atoms with Crippen LogP contribution >= 0.6 is 0 Å². The molecule has 2 heterocycles. The van der Waals surface area contributed by atoms with Gasteiger partial charge < -0.3 is 15.2 Å². The topological polar surface area (TPSA) is 113 Å². The number of aromatic nitrogens is 1. The van der Waals surface area contributed by atoms with Crippen molar-refractivity contribution in [2.75, 3.05) is 0 Å². The van der Waals surface area contributed by atoms with Gasteiger partial charge in [-0.3, -0.25) is 14.9 Å². The molecule has 0 aliphatic carbocycles. The SMILES string of the molecule is CCCc1cc(CNC(=O)CCC2NC(=O)NC2=O)on1. The number of rotatable bonds is 7. The van der Waals surface area contributed by atoms with E-state index in [1.807, 2.05) is 13.0 Å². The normalized spacial score (nSPS) is 17.5. The van der Waals surface area contributed by atoms with Crippen LogP contribution in [0.3, 0.4) is 0 Å². The highest BCUT2D eigenvalue weighted by Gasteiger charge is 2.29. The molecule has 0 spiro atoms. The van der Waals surface area contributed by atoms with Gasteiger partial charge in [0.15, 0.2) is 5.76 Å². The number of nitrogens with one attached hydrogen (secondary N) is 3. The maximum absolute atomic E-state index is 11.7. The fourth-order valence-electron chi connectivity index (χ4n) is 2.02. The Labute approximate surface area is 121 Å². The molecule has 2 rings (SSSR count). The minimum atomic E-state index is -0.635. The number of amides is 4. The summed E-state index contributed by atoms with van der Waals surface area (Å²) >= 11 is 0. The molecule has 1 atom stereocenters. The molecule has 0 saturated carbocycles. The molecule has 8 nitrogen and oxygen atoms in total. The lowest BCUT2D eigenvalue weighted by molar-refractivity contribution is -0.122. The Bertz CT molecular complexity index is 540. The van der Waals surface area contributed by atoms with Crippen molar-refractivity contribution in [3.05, 3.63) is 17.5 Å².